The number of rotatable bonds is 6. The van der Waals surface area contributed by atoms with E-state index in [9.17, 15) is 4.79 Å². The molecule has 6 rings (SSSR count). The maximum atomic E-state index is 13.5. The van der Waals surface area contributed by atoms with Gasteiger partial charge in [0.15, 0.2) is 5.16 Å². The van der Waals surface area contributed by atoms with E-state index >= 15 is 0 Å². The number of hydrogen-bond acceptors (Lipinski definition) is 5. The Morgan fingerprint density at radius 2 is 1.76 bits per heavy atom. The molecular formula is C26H26N5OS2+. The number of fused-ring (bicyclic) bond motifs is 5. The van der Waals surface area contributed by atoms with Gasteiger partial charge in [-0.15, -0.1) is 21.5 Å². The van der Waals surface area contributed by atoms with Gasteiger partial charge >= 0.3 is 0 Å². The van der Waals surface area contributed by atoms with Crippen molar-refractivity contribution in [3.05, 3.63) is 92.6 Å². The van der Waals surface area contributed by atoms with Crippen LogP contribution in [0.15, 0.2) is 70.6 Å². The average molecular weight is 489 g/mol. The molecule has 0 bridgehead atoms. The molecule has 34 heavy (non-hydrogen) atoms. The smallest absolute Gasteiger partial charge is 0.263 e. The van der Waals surface area contributed by atoms with E-state index in [4.69, 9.17) is 0 Å². The van der Waals surface area contributed by atoms with Crippen LogP contribution in [0.1, 0.15) is 28.5 Å². The van der Waals surface area contributed by atoms with Gasteiger partial charge in [0.25, 0.3) is 5.56 Å². The predicted octanol–water partition coefficient (Wildman–Crippen LogP) is 3.56. The molecule has 1 atom stereocenters. The van der Waals surface area contributed by atoms with Crippen molar-refractivity contribution in [1.29, 1.82) is 0 Å². The summed E-state index contributed by atoms with van der Waals surface area (Å²) in [5.74, 6) is 1.46. The zero-order valence-electron chi connectivity index (χ0n) is 19.0. The molecule has 5 aromatic rings. The summed E-state index contributed by atoms with van der Waals surface area (Å²) in [7, 11) is 0. The Morgan fingerprint density at radius 1 is 1.03 bits per heavy atom. The van der Waals surface area contributed by atoms with Gasteiger partial charge in [0.2, 0.25) is 5.78 Å². The lowest BCUT2D eigenvalue weighted by Gasteiger charge is -2.23. The Bertz CT molecular complexity index is 1520. The lowest BCUT2D eigenvalue weighted by Crippen LogP contribution is -3.10. The van der Waals surface area contributed by atoms with Crippen molar-refractivity contribution in [1.82, 2.24) is 19.2 Å². The molecule has 3 aromatic heterocycles. The molecule has 1 N–H and O–H groups in total. The second-order valence-electron chi connectivity index (χ2n) is 8.71. The minimum atomic E-state index is 0.0704. The van der Waals surface area contributed by atoms with E-state index in [-0.39, 0.29) is 5.56 Å². The summed E-state index contributed by atoms with van der Waals surface area (Å²) in [5, 5.41) is 10.7. The summed E-state index contributed by atoms with van der Waals surface area (Å²) in [6, 6.07) is 21.1. The molecule has 0 spiro atoms. The highest BCUT2D eigenvalue weighted by atomic mass is 32.2. The van der Waals surface area contributed by atoms with Gasteiger partial charge in [-0.05, 0) is 18.1 Å². The van der Waals surface area contributed by atoms with Crippen LogP contribution in [0.3, 0.4) is 0 Å². The van der Waals surface area contributed by atoms with E-state index in [1.807, 2.05) is 13.0 Å². The van der Waals surface area contributed by atoms with Crippen molar-refractivity contribution in [2.75, 3.05) is 6.54 Å². The number of thiophene rings is 1. The highest BCUT2D eigenvalue weighted by molar-refractivity contribution is 7.98. The molecule has 0 amide bonds. The van der Waals surface area contributed by atoms with Crippen LogP contribution in [0.5, 0.6) is 0 Å². The first-order valence-electron chi connectivity index (χ1n) is 11.7. The number of thioether (sulfide) groups is 1. The number of aromatic nitrogens is 4. The van der Waals surface area contributed by atoms with Crippen molar-refractivity contribution >= 4 is 39.1 Å². The normalized spacial score (nSPS) is 15.7. The van der Waals surface area contributed by atoms with Gasteiger partial charge in [0.05, 0.1) is 16.8 Å². The minimum absolute atomic E-state index is 0.0704. The monoisotopic (exact) mass is 488 g/mol. The van der Waals surface area contributed by atoms with Crippen molar-refractivity contribution in [3.63, 3.8) is 0 Å². The Labute approximate surface area is 205 Å². The summed E-state index contributed by atoms with van der Waals surface area (Å²) in [5.41, 5.74) is 3.91. The SMILES string of the molecule is CCn1c(=O)c2c3c(sc2n2c(SCc4ccccc4)nnc12)C[NH+](Cc1ccccc1)CC3. The molecule has 4 heterocycles. The summed E-state index contributed by atoms with van der Waals surface area (Å²) in [6.07, 6.45) is 0.927. The van der Waals surface area contributed by atoms with Crippen LogP contribution in [0, 0.1) is 0 Å². The molecular weight excluding hydrogens is 462 g/mol. The summed E-state index contributed by atoms with van der Waals surface area (Å²) in [6.45, 7) is 5.58. The summed E-state index contributed by atoms with van der Waals surface area (Å²) >= 11 is 3.43. The minimum Gasteiger partial charge on any atom is -0.326 e. The first-order chi connectivity index (χ1) is 16.7. The highest BCUT2D eigenvalue weighted by Crippen LogP contribution is 2.33. The van der Waals surface area contributed by atoms with Crippen molar-refractivity contribution in [3.8, 4) is 0 Å². The lowest BCUT2D eigenvalue weighted by molar-refractivity contribution is -0.929. The molecule has 0 fully saturated rings. The van der Waals surface area contributed by atoms with E-state index in [0.717, 1.165) is 47.2 Å². The summed E-state index contributed by atoms with van der Waals surface area (Å²) < 4.78 is 3.89. The molecule has 0 saturated carbocycles. The molecule has 1 aliphatic rings. The van der Waals surface area contributed by atoms with Gasteiger partial charge in [-0.1, -0.05) is 72.4 Å². The van der Waals surface area contributed by atoms with Crippen LogP contribution in [-0.2, 0) is 31.8 Å². The van der Waals surface area contributed by atoms with Crippen molar-refractivity contribution in [2.24, 2.45) is 0 Å². The van der Waals surface area contributed by atoms with Gasteiger partial charge < -0.3 is 4.90 Å². The molecule has 8 heteroatoms. The van der Waals surface area contributed by atoms with Gasteiger partial charge in [0, 0.05) is 24.3 Å². The molecule has 2 aromatic carbocycles. The average Bonchev–Trinajstić information content (AvgIpc) is 3.46. The number of benzene rings is 2. The third-order valence-electron chi connectivity index (χ3n) is 6.55. The maximum absolute atomic E-state index is 13.5. The van der Waals surface area contributed by atoms with Gasteiger partial charge in [-0.3, -0.25) is 9.36 Å². The van der Waals surface area contributed by atoms with Crippen LogP contribution in [-0.4, -0.2) is 25.7 Å². The highest BCUT2D eigenvalue weighted by Gasteiger charge is 2.28. The second kappa shape index (κ2) is 9.02. The van der Waals surface area contributed by atoms with Gasteiger partial charge in [-0.25, -0.2) is 4.40 Å². The Morgan fingerprint density at radius 3 is 2.50 bits per heavy atom. The third kappa shape index (κ3) is 3.76. The maximum Gasteiger partial charge on any atom is 0.263 e. The Balaban J connectivity index is 1.42. The van der Waals surface area contributed by atoms with Crippen LogP contribution < -0.4 is 10.5 Å². The van der Waals surface area contributed by atoms with E-state index in [2.05, 4.69) is 69.2 Å². The van der Waals surface area contributed by atoms with Gasteiger partial charge in [-0.2, -0.15) is 0 Å². The zero-order chi connectivity index (χ0) is 23.1. The molecule has 1 aliphatic heterocycles. The molecule has 0 saturated heterocycles. The van der Waals surface area contributed by atoms with Crippen LogP contribution in [0.2, 0.25) is 0 Å². The van der Waals surface area contributed by atoms with Crippen LogP contribution >= 0.6 is 23.1 Å². The lowest BCUT2D eigenvalue weighted by atomic mass is 10.0. The third-order valence-corrected chi connectivity index (χ3v) is 8.77. The fraction of sp³-hybridized carbons (Fsp3) is 0.269. The largest absolute Gasteiger partial charge is 0.326 e. The fourth-order valence-corrected chi connectivity index (χ4v) is 7.23. The van der Waals surface area contributed by atoms with Crippen LogP contribution in [0.4, 0.5) is 0 Å². The van der Waals surface area contributed by atoms with E-state index < -0.39 is 0 Å². The molecule has 6 nitrogen and oxygen atoms in total. The number of quaternary nitrogens is 1. The quantitative estimate of drug-likeness (QED) is 0.372. The Kier molecular flexibility index (Phi) is 5.72. The van der Waals surface area contributed by atoms with Crippen LogP contribution in [0.25, 0.3) is 16.0 Å². The summed E-state index contributed by atoms with van der Waals surface area (Å²) in [4.78, 5) is 17.4. The van der Waals surface area contributed by atoms with Crippen molar-refractivity contribution < 1.29 is 4.90 Å². The second-order valence-corrected chi connectivity index (χ2v) is 10.7. The number of aryl methyl sites for hydroxylation is 1. The van der Waals surface area contributed by atoms with E-state index in [1.54, 1.807) is 32.6 Å². The topological polar surface area (TPSA) is 56.6 Å². The van der Waals surface area contributed by atoms with E-state index in [1.165, 1.54) is 21.6 Å². The van der Waals surface area contributed by atoms with E-state index in [0.29, 0.717) is 12.3 Å². The molecule has 0 radical (unpaired) electrons. The zero-order valence-corrected chi connectivity index (χ0v) is 20.7. The first kappa shape index (κ1) is 21.6. The Hall–Kier alpha value is -2.94. The predicted molar refractivity (Wildman–Crippen MR) is 138 cm³/mol. The molecule has 1 unspecified atom stereocenters. The molecule has 172 valence electrons. The first-order valence-corrected chi connectivity index (χ1v) is 13.5. The number of nitrogens with one attached hydrogen (secondary N) is 1. The number of hydrogen-bond donors (Lipinski definition) is 1. The standard InChI is InChI=1S/C26H25N5OS2/c1-2-30-23(32)22-20-13-14-29(15-18-9-5-3-6-10-18)16-21(20)34-24(22)31-25(30)27-28-26(31)33-17-19-11-7-4-8-12-19/h3-12H,2,13-17H2,1H3/p+1. The molecule has 0 aliphatic carbocycles. The fourth-order valence-electron chi connectivity index (χ4n) is 4.88. The van der Waals surface area contributed by atoms with Gasteiger partial charge in [0.1, 0.15) is 17.9 Å². The van der Waals surface area contributed by atoms with Crippen molar-refractivity contribution in [2.45, 2.75) is 43.9 Å². The number of nitrogens with zero attached hydrogens (tertiary/aromatic N) is 4.